The monoisotopic (exact) mass is 381 g/mol. The molecule has 3 heterocycles. The Labute approximate surface area is 165 Å². The smallest absolute Gasteiger partial charge is 0.228 e. The molecule has 1 aromatic carbocycles. The molecule has 7 heteroatoms. The zero-order valence-electron chi connectivity index (χ0n) is 16.3. The average molecular weight is 381 g/mol. The quantitative estimate of drug-likeness (QED) is 0.785. The van der Waals surface area contributed by atoms with Crippen molar-refractivity contribution in [1.29, 1.82) is 0 Å². The minimum absolute atomic E-state index is 0.0406. The molecule has 0 saturated carbocycles. The summed E-state index contributed by atoms with van der Waals surface area (Å²) in [4.78, 5) is 35.6. The maximum atomic E-state index is 12.9. The Morgan fingerprint density at radius 3 is 2.54 bits per heavy atom. The lowest BCUT2D eigenvalue weighted by molar-refractivity contribution is -0.137. The highest BCUT2D eigenvalue weighted by atomic mass is 16.2. The number of rotatable bonds is 5. The summed E-state index contributed by atoms with van der Waals surface area (Å²) in [6, 6.07) is 9.61. The van der Waals surface area contributed by atoms with E-state index in [1.165, 1.54) is 0 Å². The van der Waals surface area contributed by atoms with Crippen LogP contribution in [0.2, 0.25) is 0 Å². The Morgan fingerprint density at radius 2 is 1.86 bits per heavy atom. The number of aromatic nitrogens is 2. The number of carbonyl (C=O) groups is 2. The summed E-state index contributed by atoms with van der Waals surface area (Å²) in [7, 11) is 0. The van der Waals surface area contributed by atoms with E-state index in [0.717, 1.165) is 50.8 Å². The molecule has 7 nitrogen and oxygen atoms in total. The van der Waals surface area contributed by atoms with Gasteiger partial charge in [-0.2, -0.15) is 0 Å². The van der Waals surface area contributed by atoms with E-state index in [-0.39, 0.29) is 17.7 Å². The summed E-state index contributed by atoms with van der Waals surface area (Å²) in [6.45, 7) is 7.60. The first-order chi connectivity index (χ1) is 13.6. The van der Waals surface area contributed by atoms with Crippen LogP contribution in [0.1, 0.15) is 12.2 Å². The number of hydrogen-bond donors (Lipinski definition) is 0. The summed E-state index contributed by atoms with van der Waals surface area (Å²) in [5.41, 5.74) is 0.877. The largest absolute Gasteiger partial charge is 0.340 e. The number of aryl methyl sites for hydroxylation is 1. The standard InChI is InChI=1S/C21H27N5O2/c1-17-22-7-8-24(17)12-9-23-10-13-25(14-11-23)21(28)18-15-20(27)26(16-18)19-5-3-2-4-6-19/h2-8,18H,9-16H2,1H3. The van der Waals surface area contributed by atoms with E-state index in [1.54, 1.807) is 4.90 Å². The Kier molecular flexibility index (Phi) is 5.43. The molecule has 1 unspecified atom stereocenters. The normalized spacial score (nSPS) is 20.8. The van der Waals surface area contributed by atoms with Crippen LogP contribution in [-0.4, -0.2) is 70.4 Å². The van der Waals surface area contributed by atoms with E-state index in [0.29, 0.717) is 13.0 Å². The molecule has 28 heavy (non-hydrogen) atoms. The second-order valence-electron chi connectivity index (χ2n) is 7.58. The van der Waals surface area contributed by atoms with Crippen LogP contribution in [0.15, 0.2) is 42.7 Å². The molecule has 2 amide bonds. The fourth-order valence-electron chi connectivity index (χ4n) is 4.07. The molecule has 0 N–H and O–H groups in total. The maximum absolute atomic E-state index is 12.9. The molecule has 2 aromatic rings. The van der Waals surface area contributed by atoms with Gasteiger partial charge in [-0.1, -0.05) is 18.2 Å². The first-order valence-corrected chi connectivity index (χ1v) is 9.96. The van der Waals surface area contributed by atoms with E-state index in [9.17, 15) is 9.59 Å². The minimum atomic E-state index is -0.229. The summed E-state index contributed by atoms with van der Waals surface area (Å²) in [5, 5.41) is 0. The number of nitrogens with zero attached hydrogens (tertiary/aromatic N) is 5. The molecule has 2 aliphatic rings. The van der Waals surface area contributed by atoms with Gasteiger partial charge in [-0.05, 0) is 19.1 Å². The number of para-hydroxylation sites is 1. The van der Waals surface area contributed by atoms with Crippen LogP contribution in [0, 0.1) is 12.8 Å². The Bertz CT molecular complexity index is 826. The van der Waals surface area contributed by atoms with Crippen LogP contribution < -0.4 is 4.90 Å². The predicted octanol–water partition coefficient (Wildman–Crippen LogP) is 1.39. The van der Waals surface area contributed by atoms with E-state index in [1.807, 2.05) is 54.5 Å². The van der Waals surface area contributed by atoms with E-state index >= 15 is 0 Å². The van der Waals surface area contributed by atoms with Gasteiger partial charge in [0, 0.05) is 70.3 Å². The zero-order chi connectivity index (χ0) is 19.5. The zero-order valence-corrected chi connectivity index (χ0v) is 16.3. The molecule has 2 fully saturated rings. The number of hydrogen-bond acceptors (Lipinski definition) is 4. The first-order valence-electron chi connectivity index (χ1n) is 9.96. The minimum Gasteiger partial charge on any atom is -0.340 e. The van der Waals surface area contributed by atoms with Crippen LogP contribution in [0.3, 0.4) is 0 Å². The van der Waals surface area contributed by atoms with Crippen molar-refractivity contribution in [3.63, 3.8) is 0 Å². The van der Waals surface area contributed by atoms with Crippen molar-refractivity contribution in [2.45, 2.75) is 19.9 Å². The van der Waals surface area contributed by atoms with Crippen LogP contribution in [0.25, 0.3) is 0 Å². The number of amides is 2. The van der Waals surface area contributed by atoms with Gasteiger partial charge in [-0.15, -0.1) is 0 Å². The summed E-state index contributed by atoms with van der Waals surface area (Å²) < 4.78 is 2.15. The van der Waals surface area contributed by atoms with Crippen LogP contribution >= 0.6 is 0 Å². The first kappa shape index (κ1) is 18.7. The van der Waals surface area contributed by atoms with E-state index in [4.69, 9.17) is 0 Å². The lowest BCUT2D eigenvalue weighted by atomic mass is 10.1. The van der Waals surface area contributed by atoms with Crippen molar-refractivity contribution in [3.8, 4) is 0 Å². The van der Waals surface area contributed by atoms with Gasteiger partial charge in [-0.25, -0.2) is 4.98 Å². The van der Waals surface area contributed by atoms with Crippen molar-refractivity contribution in [1.82, 2.24) is 19.4 Å². The van der Waals surface area contributed by atoms with E-state index < -0.39 is 0 Å². The van der Waals surface area contributed by atoms with Gasteiger partial charge in [0.1, 0.15) is 5.82 Å². The summed E-state index contributed by atoms with van der Waals surface area (Å²) >= 11 is 0. The highest BCUT2D eigenvalue weighted by Crippen LogP contribution is 2.26. The van der Waals surface area contributed by atoms with Gasteiger partial charge < -0.3 is 14.4 Å². The molecular weight excluding hydrogens is 354 g/mol. The third kappa shape index (κ3) is 3.94. The van der Waals surface area contributed by atoms with Crippen molar-refractivity contribution >= 4 is 17.5 Å². The average Bonchev–Trinajstić information content (AvgIpc) is 3.32. The third-order valence-electron chi connectivity index (χ3n) is 5.81. The van der Waals surface area contributed by atoms with Gasteiger partial charge in [0.25, 0.3) is 0 Å². The van der Waals surface area contributed by atoms with Gasteiger partial charge >= 0.3 is 0 Å². The molecule has 148 valence electrons. The molecule has 1 aromatic heterocycles. The van der Waals surface area contributed by atoms with Crippen molar-refractivity contribution in [3.05, 3.63) is 48.5 Å². The third-order valence-corrected chi connectivity index (χ3v) is 5.81. The molecule has 0 bridgehead atoms. The second kappa shape index (κ2) is 8.14. The lowest BCUT2D eigenvalue weighted by Gasteiger charge is -2.36. The van der Waals surface area contributed by atoms with Crippen LogP contribution in [0.4, 0.5) is 5.69 Å². The van der Waals surface area contributed by atoms with Crippen molar-refractivity contribution in [2.24, 2.45) is 5.92 Å². The predicted molar refractivity (Wildman–Crippen MR) is 107 cm³/mol. The second-order valence-corrected chi connectivity index (χ2v) is 7.58. The summed E-state index contributed by atoms with van der Waals surface area (Å²) in [6.07, 6.45) is 4.14. The molecule has 0 radical (unpaired) electrons. The molecule has 0 aliphatic carbocycles. The SMILES string of the molecule is Cc1nccn1CCN1CCN(C(=O)C2CC(=O)N(c3ccccc3)C2)CC1. The Hall–Kier alpha value is -2.67. The Balaban J connectivity index is 1.27. The Morgan fingerprint density at radius 1 is 1.11 bits per heavy atom. The number of piperazine rings is 1. The number of benzene rings is 1. The lowest BCUT2D eigenvalue weighted by Crippen LogP contribution is -2.51. The van der Waals surface area contributed by atoms with Gasteiger partial charge in [0.05, 0.1) is 5.92 Å². The molecule has 2 saturated heterocycles. The summed E-state index contributed by atoms with van der Waals surface area (Å²) in [5.74, 6) is 0.964. The topological polar surface area (TPSA) is 61.7 Å². The van der Waals surface area contributed by atoms with Gasteiger partial charge in [-0.3, -0.25) is 14.5 Å². The molecule has 1 atom stereocenters. The highest BCUT2D eigenvalue weighted by molar-refractivity contribution is 6.00. The number of anilines is 1. The molecule has 0 spiro atoms. The fraction of sp³-hybridized carbons (Fsp3) is 0.476. The van der Waals surface area contributed by atoms with Crippen LogP contribution in [0.5, 0.6) is 0 Å². The fourth-order valence-corrected chi connectivity index (χ4v) is 4.07. The number of imidazole rings is 1. The highest BCUT2D eigenvalue weighted by Gasteiger charge is 2.37. The van der Waals surface area contributed by atoms with Crippen LogP contribution in [-0.2, 0) is 16.1 Å². The van der Waals surface area contributed by atoms with Gasteiger partial charge in [0.15, 0.2) is 0 Å². The molecule has 4 rings (SSSR count). The van der Waals surface area contributed by atoms with Crippen molar-refractivity contribution in [2.75, 3.05) is 44.2 Å². The molecular formula is C21H27N5O2. The molecule has 2 aliphatic heterocycles. The maximum Gasteiger partial charge on any atom is 0.228 e. The van der Waals surface area contributed by atoms with Gasteiger partial charge in [0.2, 0.25) is 11.8 Å². The van der Waals surface area contributed by atoms with Crippen molar-refractivity contribution < 1.29 is 9.59 Å². The van der Waals surface area contributed by atoms with E-state index in [2.05, 4.69) is 14.5 Å². The number of carbonyl (C=O) groups excluding carboxylic acids is 2.